The van der Waals surface area contributed by atoms with Gasteiger partial charge in [0.1, 0.15) is 5.82 Å². The molecule has 1 rings (SSSR count). The van der Waals surface area contributed by atoms with Gasteiger partial charge in [-0.2, -0.15) is 4.31 Å². The molecule has 6 heteroatoms. The quantitative estimate of drug-likeness (QED) is 0.739. The molecule has 0 saturated heterocycles. The van der Waals surface area contributed by atoms with Crippen molar-refractivity contribution >= 4 is 21.6 Å². The summed E-state index contributed by atoms with van der Waals surface area (Å²) >= 11 is 5.72. The first kappa shape index (κ1) is 18.4. The van der Waals surface area contributed by atoms with Crippen LogP contribution in [0, 0.1) is 18.7 Å². The molecule has 0 N–H and O–H groups in total. The molecular weight excluding hydrogens is 313 g/mol. The molecular formula is C15H23ClFNO2S. The normalized spacial score (nSPS) is 12.7. The molecule has 0 aliphatic carbocycles. The van der Waals surface area contributed by atoms with E-state index in [1.807, 2.05) is 27.7 Å². The zero-order valence-corrected chi connectivity index (χ0v) is 14.7. The second-order valence-electron chi connectivity index (χ2n) is 5.90. The van der Waals surface area contributed by atoms with Crippen molar-refractivity contribution in [2.24, 2.45) is 5.92 Å². The summed E-state index contributed by atoms with van der Waals surface area (Å²) in [5.41, 5.74) is 0.602. The van der Waals surface area contributed by atoms with E-state index in [1.54, 1.807) is 0 Å². The molecule has 1 aromatic rings. The molecule has 21 heavy (non-hydrogen) atoms. The van der Waals surface area contributed by atoms with E-state index in [-0.39, 0.29) is 28.3 Å². The van der Waals surface area contributed by atoms with Crippen LogP contribution in [0.3, 0.4) is 0 Å². The third-order valence-electron chi connectivity index (χ3n) is 3.22. The highest BCUT2D eigenvalue weighted by Crippen LogP contribution is 2.26. The molecule has 1 aromatic carbocycles. The Morgan fingerprint density at radius 1 is 1.24 bits per heavy atom. The molecule has 0 unspecified atom stereocenters. The van der Waals surface area contributed by atoms with Crippen LogP contribution in [0.15, 0.2) is 17.0 Å². The first-order chi connectivity index (χ1) is 9.61. The smallest absolute Gasteiger partial charge is 0.207 e. The number of nitrogens with zero attached hydrogens (tertiary/aromatic N) is 1. The topological polar surface area (TPSA) is 37.4 Å². The summed E-state index contributed by atoms with van der Waals surface area (Å²) in [6, 6.07) is 2.56. The van der Waals surface area contributed by atoms with Gasteiger partial charge in [-0.15, -0.1) is 11.6 Å². The molecule has 0 atom stereocenters. The van der Waals surface area contributed by atoms with Gasteiger partial charge in [-0.05, 0) is 44.4 Å². The molecule has 0 aromatic heterocycles. The Morgan fingerprint density at radius 2 is 1.81 bits per heavy atom. The fourth-order valence-corrected chi connectivity index (χ4v) is 4.37. The Bertz CT molecular complexity index is 600. The highest BCUT2D eigenvalue weighted by Gasteiger charge is 2.30. The van der Waals surface area contributed by atoms with Crippen molar-refractivity contribution in [3.63, 3.8) is 0 Å². The SMILES string of the molecule is Cc1c(F)cc(CCl)cc1S(=O)(=O)N(CC(C)C)C(C)C. The molecule has 0 radical (unpaired) electrons. The van der Waals surface area contributed by atoms with Crippen LogP contribution >= 0.6 is 11.6 Å². The lowest BCUT2D eigenvalue weighted by Gasteiger charge is -2.28. The maximum absolute atomic E-state index is 13.9. The Balaban J connectivity index is 3.44. The highest BCUT2D eigenvalue weighted by molar-refractivity contribution is 7.89. The fraction of sp³-hybridized carbons (Fsp3) is 0.600. The summed E-state index contributed by atoms with van der Waals surface area (Å²) in [6.45, 7) is 9.41. The number of sulfonamides is 1. The number of rotatable bonds is 6. The lowest BCUT2D eigenvalue weighted by molar-refractivity contribution is 0.318. The summed E-state index contributed by atoms with van der Waals surface area (Å²) < 4.78 is 41.1. The van der Waals surface area contributed by atoms with Crippen molar-refractivity contribution in [3.8, 4) is 0 Å². The van der Waals surface area contributed by atoms with Gasteiger partial charge in [0.25, 0.3) is 0 Å². The standard InChI is InChI=1S/C15H23ClFNO2S/c1-10(2)9-18(11(3)4)21(19,20)15-7-13(8-16)6-14(17)12(15)5/h6-7,10-11H,8-9H2,1-5H3. The summed E-state index contributed by atoms with van der Waals surface area (Å²) in [6.07, 6.45) is 0. The maximum atomic E-state index is 13.9. The summed E-state index contributed by atoms with van der Waals surface area (Å²) in [7, 11) is -3.75. The van der Waals surface area contributed by atoms with Crippen molar-refractivity contribution in [2.75, 3.05) is 6.54 Å². The molecule has 0 amide bonds. The van der Waals surface area contributed by atoms with Gasteiger partial charge in [0.2, 0.25) is 10.0 Å². The van der Waals surface area contributed by atoms with Crippen LogP contribution in [0.2, 0.25) is 0 Å². The number of halogens is 2. The van der Waals surface area contributed by atoms with Crippen LogP contribution in [0.25, 0.3) is 0 Å². The summed E-state index contributed by atoms with van der Waals surface area (Å²) in [4.78, 5) is 0.00694. The lowest BCUT2D eigenvalue weighted by atomic mass is 10.1. The molecule has 0 bridgehead atoms. The molecule has 0 aliphatic heterocycles. The largest absolute Gasteiger partial charge is 0.243 e. The Hall–Kier alpha value is -0.650. The minimum atomic E-state index is -3.75. The van der Waals surface area contributed by atoms with Crippen molar-refractivity contribution in [1.29, 1.82) is 0 Å². The molecule has 0 spiro atoms. The van der Waals surface area contributed by atoms with Crippen LogP contribution in [-0.4, -0.2) is 25.3 Å². The predicted octanol–water partition coefficient (Wildman–Crippen LogP) is 3.93. The molecule has 3 nitrogen and oxygen atoms in total. The summed E-state index contributed by atoms with van der Waals surface area (Å²) in [5.74, 6) is -0.283. The minimum absolute atomic E-state index is 0.00694. The second-order valence-corrected chi connectivity index (χ2v) is 8.02. The molecule has 0 aliphatic rings. The van der Waals surface area contributed by atoms with Crippen molar-refractivity contribution < 1.29 is 12.8 Å². The predicted molar refractivity (Wildman–Crippen MR) is 84.6 cm³/mol. The zero-order valence-electron chi connectivity index (χ0n) is 13.2. The minimum Gasteiger partial charge on any atom is -0.207 e. The fourth-order valence-electron chi connectivity index (χ4n) is 2.12. The van der Waals surface area contributed by atoms with E-state index in [2.05, 4.69) is 0 Å². The van der Waals surface area contributed by atoms with Gasteiger partial charge in [0.05, 0.1) is 4.90 Å². The molecule has 120 valence electrons. The first-order valence-electron chi connectivity index (χ1n) is 6.98. The van der Waals surface area contributed by atoms with E-state index in [0.29, 0.717) is 12.1 Å². The molecule has 0 heterocycles. The van der Waals surface area contributed by atoms with Gasteiger partial charge in [0.15, 0.2) is 0 Å². The average molecular weight is 336 g/mol. The van der Waals surface area contributed by atoms with Crippen LogP contribution in [0.4, 0.5) is 4.39 Å². The Labute approximate surface area is 132 Å². The monoisotopic (exact) mass is 335 g/mol. The van der Waals surface area contributed by atoms with Gasteiger partial charge in [-0.25, -0.2) is 12.8 Å². The van der Waals surface area contributed by atoms with E-state index in [0.717, 1.165) is 0 Å². The van der Waals surface area contributed by atoms with Crippen LogP contribution in [-0.2, 0) is 15.9 Å². The summed E-state index contributed by atoms with van der Waals surface area (Å²) in [5, 5.41) is 0. The lowest BCUT2D eigenvalue weighted by Crippen LogP contribution is -2.39. The van der Waals surface area contributed by atoms with Crippen LogP contribution < -0.4 is 0 Å². The van der Waals surface area contributed by atoms with Crippen molar-refractivity contribution in [2.45, 2.75) is 51.4 Å². The third-order valence-corrected chi connectivity index (χ3v) is 5.70. The third kappa shape index (κ3) is 4.18. The van der Waals surface area contributed by atoms with E-state index >= 15 is 0 Å². The van der Waals surface area contributed by atoms with Crippen LogP contribution in [0.1, 0.15) is 38.8 Å². The highest BCUT2D eigenvalue weighted by atomic mass is 35.5. The van der Waals surface area contributed by atoms with Gasteiger partial charge in [-0.3, -0.25) is 0 Å². The average Bonchev–Trinajstić information content (AvgIpc) is 2.38. The van der Waals surface area contributed by atoms with Crippen molar-refractivity contribution in [3.05, 3.63) is 29.1 Å². The van der Waals surface area contributed by atoms with E-state index < -0.39 is 15.8 Å². The second kappa shape index (κ2) is 7.07. The number of hydrogen-bond donors (Lipinski definition) is 0. The van der Waals surface area contributed by atoms with E-state index in [1.165, 1.54) is 23.4 Å². The maximum Gasteiger partial charge on any atom is 0.243 e. The van der Waals surface area contributed by atoms with Gasteiger partial charge >= 0.3 is 0 Å². The van der Waals surface area contributed by atoms with Gasteiger partial charge < -0.3 is 0 Å². The number of alkyl halides is 1. The number of benzene rings is 1. The van der Waals surface area contributed by atoms with Gasteiger partial charge in [0, 0.05) is 24.0 Å². The zero-order chi connectivity index (χ0) is 16.4. The molecule has 0 fully saturated rings. The first-order valence-corrected chi connectivity index (χ1v) is 8.95. The van der Waals surface area contributed by atoms with E-state index in [4.69, 9.17) is 11.6 Å². The Morgan fingerprint density at radius 3 is 2.24 bits per heavy atom. The Kier molecular flexibility index (Phi) is 6.20. The van der Waals surface area contributed by atoms with Crippen LogP contribution in [0.5, 0.6) is 0 Å². The molecule has 0 saturated carbocycles. The van der Waals surface area contributed by atoms with E-state index in [9.17, 15) is 12.8 Å². The van der Waals surface area contributed by atoms with Crippen molar-refractivity contribution in [1.82, 2.24) is 4.31 Å². The van der Waals surface area contributed by atoms with Gasteiger partial charge in [-0.1, -0.05) is 13.8 Å². The number of hydrogen-bond acceptors (Lipinski definition) is 2.